The van der Waals surface area contributed by atoms with Gasteiger partial charge in [0.05, 0.1) is 43.7 Å². The van der Waals surface area contributed by atoms with Gasteiger partial charge in [-0.1, -0.05) is 42.5 Å². The second-order valence-corrected chi connectivity index (χ2v) is 11.9. The van der Waals surface area contributed by atoms with E-state index < -0.39 is 6.04 Å². The van der Waals surface area contributed by atoms with Crippen molar-refractivity contribution in [3.8, 4) is 11.5 Å². The molecular formula is C37H46N4O6. The lowest BCUT2D eigenvalue weighted by molar-refractivity contribution is -0.122. The van der Waals surface area contributed by atoms with Crippen LogP contribution in [0, 0.1) is 0 Å². The van der Waals surface area contributed by atoms with Crippen LogP contribution in [0.25, 0.3) is 0 Å². The topological polar surface area (TPSA) is 101 Å². The normalized spacial score (nSPS) is 16.2. The number of methoxy groups -OCH3 is 2. The third-order valence-corrected chi connectivity index (χ3v) is 9.17. The van der Waals surface area contributed by atoms with Crippen LogP contribution >= 0.6 is 0 Å². The van der Waals surface area contributed by atoms with E-state index in [1.54, 1.807) is 26.4 Å². The number of hydrogen-bond acceptors (Lipinski definition) is 8. The molecule has 0 saturated carbocycles. The molecule has 2 aliphatic heterocycles. The van der Waals surface area contributed by atoms with Crippen molar-refractivity contribution in [3.05, 3.63) is 89.0 Å². The van der Waals surface area contributed by atoms with E-state index in [0.29, 0.717) is 55.2 Å². The van der Waals surface area contributed by atoms with E-state index in [-0.39, 0.29) is 30.2 Å². The number of hydrogen-bond donors (Lipinski definition) is 1. The highest BCUT2D eigenvalue weighted by atomic mass is 16.5. The smallest absolute Gasteiger partial charge is 0.264 e. The molecule has 0 radical (unpaired) electrons. The van der Waals surface area contributed by atoms with Crippen molar-refractivity contribution in [2.75, 3.05) is 65.1 Å². The number of benzene rings is 3. The van der Waals surface area contributed by atoms with Gasteiger partial charge in [0.15, 0.2) is 11.5 Å². The molecule has 1 saturated heterocycles. The summed E-state index contributed by atoms with van der Waals surface area (Å²) in [5.41, 5.74) is 3.70. The van der Waals surface area contributed by atoms with Crippen LogP contribution in [-0.2, 0) is 9.53 Å². The maximum absolute atomic E-state index is 14.3. The Hall–Kier alpha value is -4.41. The average molecular weight is 643 g/mol. The van der Waals surface area contributed by atoms with Crippen molar-refractivity contribution >= 4 is 23.4 Å². The SMILES string of the molecule is CCOCCC(=O)NCCCC(c1ccc(OC)c(OC)c1)N1C(=O)c2cccc(N3CCN(C(C)c4ccccc4)CC3)c2C1=O. The van der Waals surface area contributed by atoms with E-state index >= 15 is 0 Å². The zero-order valence-corrected chi connectivity index (χ0v) is 27.9. The first-order valence-corrected chi connectivity index (χ1v) is 16.5. The number of imide groups is 1. The van der Waals surface area contributed by atoms with Crippen molar-refractivity contribution in [3.63, 3.8) is 0 Å². The number of piperazine rings is 1. The van der Waals surface area contributed by atoms with Crippen LogP contribution in [0.2, 0.25) is 0 Å². The van der Waals surface area contributed by atoms with E-state index in [2.05, 4.69) is 46.3 Å². The monoisotopic (exact) mass is 642 g/mol. The van der Waals surface area contributed by atoms with Crippen LogP contribution in [0.3, 0.4) is 0 Å². The molecule has 2 atom stereocenters. The number of carbonyl (C=O) groups is 3. The van der Waals surface area contributed by atoms with Crippen LogP contribution < -0.4 is 19.7 Å². The van der Waals surface area contributed by atoms with E-state index in [1.165, 1.54) is 10.5 Å². The molecule has 10 heteroatoms. The largest absolute Gasteiger partial charge is 0.493 e. The Kier molecular flexibility index (Phi) is 11.5. The molecule has 0 aromatic heterocycles. The van der Waals surface area contributed by atoms with E-state index in [9.17, 15) is 14.4 Å². The summed E-state index contributed by atoms with van der Waals surface area (Å²) in [5.74, 6) is 0.357. The number of ether oxygens (including phenoxy) is 3. The Morgan fingerprint density at radius 2 is 1.62 bits per heavy atom. The second-order valence-electron chi connectivity index (χ2n) is 11.9. The van der Waals surface area contributed by atoms with Gasteiger partial charge in [0.25, 0.3) is 11.8 Å². The minimum atomic E-state index is -0.570. The van der Waals surface area contributed by atoms with Gasteiger partial charge in [-0.2, -0.15) is 0 Å². The van der Waals surface area contributed by atoms with Gasteiger partial charge in [-0.3, -0.25) is 24.2 Å². The summed E-state index contributed by atoms with van der Waals surface area (Å²) in [6.45, 7) is 8.64. The fourth-order valence-corrected chi connectivity index (χ4v) is 6.55. The molecule has 0 bridgehead atoms. The van der Waals surface area contributed by atoms with Gasteiger partial charge < -0.3 is 24.4 Å². The predicted octanol–water partition coefficient (Wildman–Crippen LogP) is 5.25. The van der Waals surface area contributed by atoms with Crippen LogP contribution in [0.1, 0.15) is 77.0 Å². The zero-order valence-electron chi connectivity index (χ0n) is 27.9. The Labute approximate surface area is 277 Å². The van der Waals surface area contributed by atoms with E-state index in [0.717, 1.165) is 37.4 Å². The van der Waals surface area contributed by atoms with Crippen LogP contribution in [-0.4, -0.2) is 87.7 Å². The lowest BCUT2D eigenvalue weighted by Gasteiger charge is -2.39. The minimum Gasteiger partial charge on any atom is -0.493 e. The van der Waals surface area contributed by atoms with Crippen molar-refractivity contribution in [2.24, 2.45) is 0 Å². The van der Waals surface area contributed by atoms with Crippen LogP contribution in [0.5, 0.6) is 11.5 Å². The second kappa shape index (κ2) is 15.9. The molecule has 1 N–H and O–H groups in total. The summed E-state index contributed by atoms with van der Waals surface area (Å²) >= 11 is 0. The van der Waals surface area contributed by atoms with Crippen LogP contribution in [0.15, 0.2) is 66.7 Å². The van der Waals surface area contributed by atoms with Gasteiger partial charge in [-0.25, -0.2) is 0 Å². The molecule has 0 spiro atoms. The first-order chi connectivity index (χ1) is 22.9. The van der Waals surface area contributed by atoms with Gasteiger partial charge in [0.2, 0.25) is 5.91 Å². The van der Waals surface area contributed by atoms with Crippen molar-refractivity contribution in [1.29, 1.82) is 0 Å². The average Bonchev–Trinajstić information content (AvgIpc) is 3.37. The Morgan fingerprint density at radius 3 is 2.32 bits per heavy atom. The molecule has 47 heavy (non-hydrogen) atoms. The molecule has 1 fully saturated rings. The lowest BCUT2D eigenvalue weighted by Crippen LogP contribution is -2.47. The molecule has 2 aliphatic rings. The highest BCUT2D eigenvalue weighted by Gasteiger charge is 2.43. The number of nitrogens with zero attached hydrogens (tertiary/aromatic N) is 3. The van der Waals surface area contributed by atoms with Crippen molar-refractivity contribution in [1.82, 2.24) is 15.1 Å². The molecule has 3 amide bonds. The van der Waals surface area contributed by atoms with Crippen molar-refractivity contribution in [2.45, 2.75) is 45.2 Å². The highest BCUT2D eigenvalue weighted by Crippen LogP contribution is 2.40. The quantitative estimate of drug-likeness (QED) is 0.177. The summed E-state index contributed by atoms with van der Waals surface area (Å²) in [6, 6.07) is 21.2. The Balaban J connectivity index is 1.35. The third-order valence-electron chi connectivity index (χ3n) is 9.17. The van der Waals surface area contributed by atoms with Gasteiger partial charge in [-0.05, 0) is 62.1 Å². The van der Waals surface area contributed by atoms with E-state index in [1.807, 2.05) is 37.3 Å². The fourth-order valence-electron chi connectivity index (χ4n) is 6.55. The number of carbonyl (C=O) groups excluding carboxylic acids is 3. The maximum atomic E-state index is 14.3. The fraction of sp³-hybridized carbons (Fsp3) is 0.432. The molecule has 3 aromatic carbocycles. The first kappa shape index (κ1) is 33.9. The summed E-state index contributed by atoms with van der Waals surface area (Å²) in [7, 11) is 3.13. The third kappa shape index (κ3) is 7.60. The van der Waals surface area contributed by atoms with Gasteiger partial charge in [0.1, 0.15) is 0 Å². The standard InChI is InChI=1S/C37H46N4O6/c1-5-47-24-18-34(42)38-19-10-15-30(28-16-17-32(45-3)33(25-28)46-4)41-36(43)29-13-9-14-31(35(29)37(41)44)40-22-20-39(21-23-40)26(2)27-11-7-6-8-12-27/h6-9,11-14,16-17,25-26,30H,5,10,15,18-24H2,1-4H3,(H,38,42). The molecule has 250 valence electrons. The Morgan fingerprint density at radius 1 is 0.872 bits per heavy atom. The molecule has 10 nitrogen and oxygen atoms in total. The number of rotatable bonds is 15. The predicted molar refractivity (Wildman–Crippen MR) is 181 cm³/mol. The molecule has 2 heterocycles. The summed E-state index contributed by atoms with van der Waals surface area (Å²) in [5, 5.41) is 2.93. The Bertz CT molecular complexity index is 1540. The molecule has 0 aliphatic carbocycles. The van der Waals surface area contributed by atoms with E-state index in [4.69, 9.17) is 14.2 Å². The van der Waals surface area contributed by atoms with Crippen molar-refractivity contribution < 1.29 is 28.6 Å². The van der Waals surface area contributed by atoms with Gasteiger partial charge in [-0.15, -0.1) is 0 Å². The lowest BCUT2D eigenvalue weighted by atomic mass is 9.99. The first-order valence-electron chi connectivity index (χ1n) is 16.5. The number of anilines is 1. The minimum absolute atomic E-state index is 0.0928. The van der Waals surface area contributed by atoms with Gasteiger partial charge in [0, 0.05) is 51.8 Å². The van der Waals surface area contributed by atoms with Gasteiger partial charge >= 0.3 is 0 Å². The highest BCUT2D eigenvalue weighted by molar-refractivity contribution is 6.24. The molecular weight excluding hydrogens is 596 g/mol. The zero-order chi connectivity index (χ0) is 33.3. The number of fused-ring (bicyclic) bond motifs is 1. The maximum Gasteiger partial charge on any atom is 0.264 e. The molecule has 5 rings (SSSR count). The summed E-state index contributed by atoms with van der Waals surface area (Å²) in [4.78, 5) is 46.7. The number of nitrogens with one attached hydrogen (secondary N) is 1. The van der Waals surface area contributed by atoms with Crippen LogP contribution in [0.4, 0.5) is 5.69 Å². The molecule has 3 aromatic rings. The molecule has 2 unspecified atom stereocenters. The summed E-state index contributed by atoms with van der Waals surface area (Å²) in [6.07, 6.45) is 1.30. The summed E-state index contributed by atoms with van der Waals surface area (Å²) < 4.78 is 16.3. The number of amides is 3.